The summed E-state index contributed by atoms with van der Waals surface area (Å²) in [7, 11) is 3.52. The summed E-state index contributed by atoms with van der Waals surface area (Å²) in [6, 6.07) is 0. The molecular formula is C15H18O7. The normalized spacial score (nSPS) is 56.0. The summed E-state index contributed by atoms with van der Waals surface area (Å²) in [5.41, 5.74) is -6.89. The standard InChI is InChI=1S/C15H18O7/c1-7(16)5-13-12(6-19-2)8-9(22-13)14(8,10(17)20-3)15(12,13)11(18)21-4/h8-9H,5-6H2,1-4H3/i1D3,5D2. The van der Waals surface area contributed by atoms with Gasteiger partial charge in [-0.05, 0) is 6.85 Å². The molecule has 0 aromatic carbocycles. The lowest BCUT2D eigenvalue weighted by molar-refractivity contribution is -0.175. The number of Topliss-reactive ketones (excluding diaryl/α,β-unsaturated/α-hetero) is 1. The van der Waals surface area contributed by atoms with Gasteiger partial charge in [0.15, 0.2) is 0 Å². The maximum Gasteiger partial charge on any atom is 0.316 e. The van der Waals surface area contributed by atoms with E-state index in [2.05, 4.69) is 0 Å². The molecule has 3 aliphatic carbocycles. The number of carbonyl (C=O) groups is 3. The molecule has 0 amide bonds. The molecule has 0 radical (unpaired) electrons. The van der Waals surface area contributed by atoms with Crippen LogP contribution in [0.25, 0.3) is 0 Å². The van der Waals surface area contributed by atoms with Crippen molar-refractivity contribution in [2.24, 2.45) is 22.2 Å². The smallest absolute Gasteiger partial charge is 0.316 e. The van der Waals surface area contributed by atoms with E-state index in [1.165, 1.54) is 7.11 Å². The predicted octanol–water partition coefficient (Wildman–Crippen LogP) is -0.288. The quantitative estimate of drug-likeness (QED) is 0.622. The van der Waals surface area contributed by atoms with E-state index < -0.39 is 64.8 Å². The van der Waals surface area contributed by atoms with Crippen LogP contribution in [0.2, 0.25) is 0 Å². The van der Waals surface area contributed by atoms with Crippen molar-refractivity contribution in [2.75, 3.05) is 27.9 Å². The Morgan fingerprint density at radius 3 is 2.45 bits per heavy atom. The number of ether oxygens (including phenoxy) is 4. The lowest BCUT2D eigenvalue weighted by Crippen LogP contribution is -2.51. The second-order valence-corrected chi connectivity index (χ2v) is 6.16. The predicted molar refractivity (Wildman–Crippen MR) is 69.6 cm³/mol. The average molecular weight is 315 g/mol. The fourth-order valence-corrected chi connectivity index (χ4v) is 5.78. The molecule has 2 bridgehead atoms. The summed E-state index contributed by atoms with van der Waals surface area (Å²) in [6.45, 7) is -3.46. The highest BCUT2D eigenvalue weighted by Crippen LogP contribution is 3.09. The Bertz CT molecular complexity index is 796. The highest BCUT2D eigenvalue weighted by molar-refractivity contribution is 6.06. The van der Waals surface area contributed by atoms with Crippen molar-refractivity contribution in [1.82, 2.24) is 0 Å². The number of esters is 2. The number of methoxy groups -OCH3 is 3. The fraction of sp³-hybridized carbons (Fsp3) is 0.800. The Labute approximate surface area is 134 Å². The monoisotopic (exact) mass is 315 g/mol. The molecule has 2 heterocycles. The summed E-state index contributed by atoms with van der Waals surface area (Å²) in [6.07, 6.45) is -3.94. The second-order valence-electron chi connectivity index (χ2n) is 6.16. The molecule has 7 nitrogen and oxygen atoms in total. The van der Waals surface area contributed by atoms with Crippen molar-refractivity contribution < 1.29 is 40.2 Å². The van der Waals surface area contributed by atoms with E-state index in [9.17, 15) is 14.4 Å². The molecule has 2 saturated heterocycles. The SMILES string of the molecule is [2H]C([2H])([2H])C(=O)C([2H])([2H])C12OC3C4C3(C(=O)OC)C1(C(=O)OC)C42COC. The topological polar surface area (TPSA) is 88.1 Å². The van der Waals surface area contributed by atoms with Crippen LogP contribution >= 0.6 is 0 Å². The van der Waals surface area contributed by atoms with Gasteiger partial charge in [0.2, 0.25) is 0 Å². The molecule has 6 atom stereocenters. The number of carbonyl (C=O) groups excluding carboxylic acids is 3. The van der Waals surface area contributed by atoms with E-state index in [4.69, 9.17) is 25.8 Å². The zero-order valence-corrected chi connectivity index (χ0v) is 12.2. The Balaban J connectivity index is 1.94. The highest BCUT2D eigenvalue weighted by atomic mass is 16.6. The first-order valence-electron chi connectivity index (χ1n) is 9.28. The molecule has 0 aromatic rings. The molecule has 22 heavy (non-hydrogen) atoms. The largest absolute Gasteiger partial charge is 0.468 e. The van der Waals surface area contributed by atoms with Gasteiger partial charge in [-0.25, -0.2) is 0 Å². The molecule has 0 aromatic heterocycles. The molecule has 7 heteroatoms. The Hall–Kier alpha value is -1.47. The van der Waals surface area contributed by atoms with Gasteiger partial charge in [0.25, 0.3) is 0 Å². The third-order valence-electron chi connectivity index (χ3n) is 6.03. The molecular weight excluding hydrogens is 292 g/mol. The van der Waals surface area contributed by atoms with Gasteiger partial charge in [-0.15, -0.1) is 0 Å². The van der Waals surface area contributed by atoms with Crippen molar-refractivity contribution >= 4 is 17.7 Å². The van der Waals surface area contributed by atoms with Crippen molar-refractivity contribution in [3.8, 4) is 0 Å². The van der Waals surface area contributed by atoms with Crippen molar-refractivity contribution in [3.05, 3.63) is 0 Å². The Morgan fingerprint density at radius 2 is 1.91 bits per heavy atom. The summed E-state index contributed by atoms with van der Waals surface area (Å²) >= 11 is 0. The van der Waals surface area contributed by atoms with Crippen LogP contribution in [0.5, 0.6) is 0 Å². The van der Waals surface area contributed by atoms with Crippen molar-refractivity contribution in [3.63, 3.8) is 0 Å². The summed E-state index contributed by atoms with van der Waals surface area (Å²) in [5.74, 6) is -4.02. The van der Waals surface area contributed by atoms with Crippen LogP contribution in [-0.2, 0) is 33.3 Å². The lowest BCUT2D eigenvalue weighted by Gasteiger charge is -2.36. The summed E-state index contributed by atoms with van der Waals surface area (Å²) in [4.78, 5) is 37.9. The molecule has 3 saturated carbocycles. The van der Waals surface area contributed by atoms with Crippen LogP contribution in [0.15, 0.2) is 0 Å². The van der Waals surface area contributed by atoms with Crippen molar-refractivity contribution in [1.29, 1.82) is 0 Å². The summed E-state index contributed by atoms with van der Waals surface area (Å²) in [5, 5.41) is 0. The van der Waals surface area contributed by atoms with Crippen LogP contribution in [0.4, 0.5) is 0 Å². The first-order chi connectivity index (χ1) is 12.4. The number of hydrogen-bond donors (Lipinski definition) is 0. The van der Waals surface area contributed by atoms with Crippen LogP contribution in [-0.4, -0.2) is 57.4 Å². The van der Waals surface area contributed by atoms with Crippen LogP contribution < -0.4 is 0 Å². The highest BCUT2D eigenvalue weighted by Gasteiger charge is 3.23. The minimum absolute atomic E-state index is 0.199. The van der Waals surface area contributed by atoms with E-state index >= 15 is 0 Å². The van der Waals surface area contributed by atoms with Gasteiger partial charge in [0, 0.05) is 26.3 Å². The van der Waals surface area contributed by atoms with Gasteiger partial charge < -0.3 is 18.9 Å². The first kappa shape index (κ1) is 9.62. The van der Waals surface area contributed by atoms with Crippen molar-refractivity contribution in [2.45, 2.75) is 24.9 Å². The molecule has 0 spiro atoms. The van der Waals surface area contributed by atoms with E-state index in [1.54, 1.807) is 0 Å². The molecule has 120 valence electrons. The first-order valence-corrected chi connectivity index (χ1v) is 6.78. The molecule has 5 aliphatic rings. The van der Waals surface area contributed by atoms with E-state index in [1.807, 2.05) is 0 Å². The number of hydrogen-bond acceptors (Lipinski definition) is 7. The summed E-state index contributed by atoms with van der Waals surface area (Å²) < 4.78 is 59.5. The maximum absolute atomic E-state index is 12.9. The number of ketones is 1. The molecule has 5 fully saturated rings. The van der Waals surface area contributed by atoms with Crippen LogP contribution in [0, 0.1) is 22.2 Å². The molecule has 6 unspecified atom stereocenters. The van der Waals surface area contributed by atoms with E-state index in [0.29, 0.717) is 0 Å². The molecule has 2 aliphatic heterocycles. The zero-order chi connectivity index (χ0) is 20.4. The lowest BCUT2D eigenvalue weighted by atomic mass is 9.64. The van der Waals surface area contributed by atoms with E-state index in [-0.39, 0.29) is 6.61 Å². The minimum atomic E-state index is -3.26. The third-order valence-corrected chi connectivity index (χ3v) is 6.03. The average Bonchev–Trinajstić information content (AvgIpc) is 3.23. The van der Waals surface area contributed by atoms with Gasteiger partial charge in [0.05, 0.1) is 32.3 Å². The van der Waals surface area contributed by atoms with Gasteiger partial charge in [0.1, 0.15) is 22.2 Å². The fourth-order valence-electron chi connectivity index (χ4n) is 5.78. The third kappa shape index (κ3) is 0.836. The van der Waals surface area contributed by atoms with Gasteiger partial charge in [-0.1, -0.05) is 0 Å². The second kappa shape index (κ2) is 3.54. The number of rotatable bonds is 6. The molecule has 0 N–H and O–H groups in total. The van der Waals surface area contributed by atoms with Gasteiger partial charge in [-0.3, -0.25) is 14.4 Å². The van der Waals surface area contributed by atoms with Crippen LogP contribution in [0.1, 0.15) is 20.1 Å². The van der Waals surface area contributed by atoms with Gasteiger partial charge >= 0.3 is 11.9 Å². The maximum atomic E-state index is 12.9. The van der Waals surface area contributed by atoms with Gasteiger partial charge in [-0.2, -0.15) is 0 Å². The zero-order valence-electron chi connectivity index (χ0n) is 17.2. The molecule has 5 rings (SSSR count). The van der Waals surface area contributed by atoms with E-state index in [0.717, 1.165) is 14.2 Å². The Kier molecular flexibility index (Phi) is 1.55. The minimum Gasteiger partial charge on any atom is -0.468 e. The Morgan fingerprint density at radius 1 is 1.23 bits per heavy atom. The van der Waals surface area contributed by atoms with Crippen LogP contribution in [0.3, 0.4) is 0 Å².